The Morgan fingerprint density at radius 3 is 2.75 bits per heavy atom. The van der Waals surface area contributed by atoms with Crippen molar-refractivity contribution in [2.24, 2.45) is 0 Å². The summed E-state index contributed by atoms with van der Waals surface area (Å²) >= 11 is 0. The van der Waals surface area contributed by atoms with Crippen molar-refractivity contribution in [2.45, 2.75) is 19.6 Å². The molecule has 0 unspecified atom stereocenters. The number of methoxy groups -OCH3 is 1. The Balaban J connectivity index is 2.95. The second kappa shape index (κ2) is 3.02. The zero-order valence-corrected chi connectivity index (χ0v) is 7.31. The van der Waals surface area contributed by atoms with Gasteiger partial charge in [-0.05, 0) is 13.8 Å². The van der Waals surface area contributed by atoms with Crippen molar-refractivity contribution in [2.75, 3.05) is 7.11 Å². The fourth-order valence-electron chi connectivity index (χ4n) is 0.683. The van der Waals surface area contributed by atoms with Crippen LogP contribution in [-0.4, -0.2) is 28.2 Å². The van der Waals surface area contributed by atoms with E-state index < -0.39 is 5.72 Å². The van der Waals surface area contributed by atoms with E-state index >= 15 is 0 Å². The second-order valence-corrected chi connectivity index (χ2v) is 2.82. The number of aldehydes is 1. The van der Waals surface area contributed by atoms with E-state index in [9.17, 15) is 4.79 Å². The van der Waals surface area contributed by atoms with E-state index in [2.05, 4.69) is 10.1 Å². The highest BCUT2D eigenvalue weighted by Gasteiger charge is 2.20. The summed E-state index contributed by atoms with van der Waals surface area (Å²) in [5, 5.41) is 3.88. The highest BCUT2D eigenvalue weighted by Crippen LogP contribution is 2.12. The molecule has 0 N–H and O–H groups in total. The SMILES string of the molecule is COC(C)(C)n1cnc(C=O)n1. The first-order valence-corrected chi connectivity index (χ1v) is 3.52. The van der Waals surface area contributed by atoms with Crippen molar-refractivity contribution in [3.8, 4) is 0 Å². The molecule has 0 fully saturated rings. The average molecular weight is 169 g/mol. The molecule has 1 aromatic rings. The van der Waals surface area contributed by atoms with E-state index in [0.29, 0.717) is 6.29 Å². The normalized spacial score (nSPS) is 11.6. The van der Waals surface area contributed by atoms with Crippen molar-refractivity contribution in [3.63, 3.8) is 0 Å². The van der Waals surface area contributed by atoms with Crippen LogP contribution >= 0.6 is 0 Å². The quantitative estimate of drug-likeness (QED) is 0.616. The summed E-state index contributed by atoms with van der Waals surface area (Å²) in [6.45, 7) is 3.66. The third-order valence-corrected chi connectivity index (χ3v) is 1.67. The molecule has 0 aliphatic rings. The van der Waals surface area contributed by atoms with Crippen LogP contribution in [0, 0.1) is 0 Å². The van der Waals surface area contributed by atoms with Crippen molar-refractivity contribution in [1.29, 1.82) is 0 Å². The molecule has 1 aromatic heterocycles. The minimum absolute atomic E-state index is 0.167. The van der Waals surface area contributed by atoms with Gasteiger partial charge in [-0.3, -0.25) is 4.79 Å². The highest BCUT2D eigenvalue weighted by atomic mass is 16.5. The molecule has 0 saturated carbocycles. The van der Waals surface area contributed by atoms with Gasteiger partial charge in [-0.25, -0.2) is 9.67 Å². The molecule has 0 amide bonds. The highest BCUT2D eigenvalue weighted by molar-refractivity contribution is 5.68. The summed E-state index contributed by atoms with van der Waals surface area (Å²) in [5.41, 5.74) is -0.561. The largest absolute Gasteiger partial charge is 0.358 e. The van der Waals surface area contributed by atoms with Gasteiger partial charge < -0.3 is 4.74 Å². The van der Waals surface area contributed by atoms with Crippen molar-refractivity contribution in [1.82, 2.24) is 14.8 Å². The molecule has 0 radical (unpaired) electrons. The molecule has 0 bridgehead atoms. The molecule has 0 aliphatic carbocycles. The van der Waals surface area contributed by atoms with Gasteiger partial charge in [-0.2, -0.15) is 0 Å². The number of ether oxygens (including phenoxy) is 1. The van der Waals surface area contributed by atoms with Gasteiger partial charge in [-0.1, -0.05) is 0 Å². The van der Waals surface area contributed by atoms with Crippen LogP contribution in [0.3, 0.4) is 0 Å². The Labute approximate surface area is 70.4 Å². The fourth-order valence-corrected chi connectivity index (χ4v) is 0.683. The van der Waals surface area contributed by atoms with Crippen LogP contribution in [0.25, 0.3) is 0 Å². The molecule has 0 atom stereocenters. The number of hydrogen-bond acceptors (Lipinski definition) is 4. The maximum atomic E-state index is 10.3. The van der Waals surface area contributed by atoms with Crippen LogP contribution in [0.1, 0.15) is 24.5 Å². The van der Waals surface area contributed by atoms with Gasteiger partial charge in [0.15, 0.2) is 12.0 Å². The van der Waals surface area contributed by atoms with Crippen molar-refractivity contribution >= 4 is 6.29 Å². The Bertz CT molecular complexity index is 280. The lowest BCUT2D eigenvalue weighted by Crippen LogP contribution is -2.28. The van der Waals surface area contributed by atoms with Gasteiger partial charge >= 0.3 is 0 Å². The minimum atomic E-state index is -0.561. The van der Waals surface area contributed by atoms with Crippen LogP contribution < -0.4 is 0 Å². The Kier molecular flexibility index (Phi) is 2.23. The number of carbonyl (C=O) groups is 1. The maximum absolute atomic E-state index is 10.3. The number of nitrogens with zero attached hydrogens (tertiary/aromatic N) is 3. The van der Waals surface area contributed by atoms with Gasteiger partial charge in [0, 0.05) is 7.11 Å². The third-order valence-electron chi connectivity index (χ3n) is 1.67. The zero-order chi connectivity index (χ0) is 9.19. The maximum Gasteiger partial charge on any atom is 0.214 e. The molecule has 0 spiro atoms. The molecule has 66 valence electrons. The van der Waals surface area contributed by atoms with Gasteiger partial charge in [0.25, 0.3) is 0 Å². The first-order chi connectivity index (χ1) is 5.60. The van der Waals surface area contributed by atoms with E-state index in [1.165, 1.54) is 11.0 Å². The summed E-state index contributed by atoms with van der Waals surface area (Å²) < 4.78 is 6.62. The number of carbonyl (C=O) groups excluding carboxylic acids is 1. The molecule has 0 saturated heterocycles. The molecular formula is C7H11N3O2. The Morgan fingerprint density at radius 2 is 2.33 bits per heavy atom. The predicted octanol–water partition coefficient (Wildman–Crippen LogP) is 0.430. The summed E-state index contributed by atoms with van der Waals surface area (Å²) in [5.74, 6) is 0.167. The second-order valence-electron chi connectivity index (χ2n) is 2.82. The van der Waals surface area contributed by atoms with Crippen LogP contribution in [0.5, 0.6) is 0 Å². The Morgan fingerprint density at radius 1 is 1.67 bits per heavy atom. The summed E-state index contributed by atoms with van der Waals surface area (Å²) in [4.78, 5) is 14.0. The minimum Gasteiger partial charge on any atom is -0.358 e. The van der Waals surface area contributed by atoms with Crippen LogP contribution in [0.15, 0.2) is 6.33 Å². The van der Waals surface area contributed by atoms with Crippen molar-refractivity contribution < 1.29 is 9.53 Å². The number of hydrogen-bond donors (Lipinski definition) is 0. The van der Waals surface area contributed by atoms with E-state index in [1.54, 1.807) is 7.11 Å². The lowest BCUT2D eigenvalue weighted by atomic mass is 10.3. The third kappa shape index (κ3) is 1.50. The Hall–Kier alpha value is -1.23. The summed E-state index contributed by atoms with van der Waals surface area (Å²) in [6.07, 6.45) is 2.06. The lowest BCUT2D eigenvalue weighted by molar-refractivity contribution is -0.0552. The predicted molar refractivity (Wildman–Crippen MR) is 41.7 cm³/mol. The van der Waals surface area contributed by atoms with Crippen LogP contribution in [0.4, 0.5) is 0 Å². The first-order valence-electron chi connectivity index (χ1n) is 3.52. The molecule has 12 heavy (non-hydrogen) atoms. The van der Waals surface area contributed by atoms with Crippen molar-refractivity contribution in [3.05, 3.63) is 12.2 Å². The standard InChI is InChI=1S/C7H11N3O2/c1-7(2,12-3)10-5-8-6(4-11)9-10/h4-5H,1-3H3. The number of rotatable bonds is 3. The van der Waals surface area contributed by atoms with Gasteiger partial charge in [-0.15, -0.1) is 5.10 Å². The van der Waals surface area contributed by atoms with Crippen LogP contribution in [0.2, 0.25) is 0 Å². The van der Waals surface area contributed by atoms with Gasteiger partial charge in [0.1, 0.15) is 6.33 Å². The molecule has 0 aliphatic heterocycles. The first kappa shape index (κ1) is 8.86. The molecule has 5 heteroatoms. The molecule has 1 heterocycles. The zero-order valence-electron chi connectivity index (χ0n) is 7.31. The molecular weight excluding hydrogens is 158 g/mol. The molecule has 5 nitrogen and oxygen atoms in total. The van der Waals surface area contributed by atoms with Crippen LogP contribution in [-0.2, 0) is 10.5 Å². The molecule has 1 rings (SSSR count). The van der Waals surface area contributed by atoms with E-state index in [1.807, 2.05) is 13.8 Å². The lowest BCUT2D eigenvalue weighted by Gasteiger charge is -2.22. The van der Waals surface area contributed by atoms with Gasteiger partial charge in [0.05, 0.1) is 0 Å². The monoisotopic (exact) mass is 169 g/mol. The summed E-state index contributed by atoms with van der Waals surface area (Å²) in [6, 6.07) is 0. The fraction of sp³-hybridized carbons (Fsp3) is 0.571. The van der Waals surface area contributed by atoms with E-state index in [-0.39, 0.29) is 5.82 Å². The average Bonchev–Trinajstić information content (AvgIpc) is 2.52. The topological polar surface area (TPSA) is 57.0 Å². The van der Waals surface area contributed by atoms with E-state index in [4.69, 9.17) is 4.74 Å². The molecule has 0 aromatic carbocycles. The smallest absolute Gasteiger partial charge is 0.214 e. The van der Waals surface area contributed by atoms with Gasteiger partial charge in [0.2, 0.25) is 5.82 Å². The summed E-state index contributed by atoms with van der Waals surface area (Å²) in [7, 11) is 1.57. The number of aromatic nitrogens is 3. The van der Waals surface area contributed by atoms with E-state index in [0.717, 1.165) is 0 Å².